The number of halogens is 3. The zero-order chi connectivity index (χ0) is 23.8. The number of carbonyl (C=O) groups is 1. The molecule has 172 valence electrons. The van der Waals surface area contributed by atoms with Gasteiger partial charge < -0.3 is 14.8 Å². The van der Waals surface area contributed by atoms with Gasteiger partial charge in [0.25, 0.3) is 5.91 Å². The molecule has 9 heteroatoms. The summed E-state index contributed by atoms with van der Waals surface area (Å²) in [6.45, 7) is 1.74. The minimum Gasteiger partial charge on any atom is -0.493 e. The van der Waals surface area contributed by atoms with Crippen molar-refractivity contribution in [1.29, 1.82) is 0 Å². The Morgan fingerprint density at radius 1 is 1.00 bits per heavy atom. The number of methoxy groups -OCH3 is 1. The van der Waals surface area contributed by atoms with Gasteiger partial charge in [-0.1, -0.05) is 23.8 Å². The molecular formula is C24H22F3N3O3. The van der Waals surface area contributed by atoms with Crippen molar-refractivity contribution in [2.45, 2.75) is 13.1 Å². The van der Waals surface area contributed by atoms with Crippen LogP contribution in [0.5, 0.6) is 11.5 Å². The number of benzene rings is 3. The molecule has 0 aliphatic carbocycles. The van der Waals surface area contributed by atoms with Crippen molar-refractivity contribution in [2.24, 2.45) is 5.10 Å². The highest BCUT2D eigenvalue weighted by atomic mass is 19.4. The van der Waals surface area contributed by atoms with Crippen molar-refractivity contribution in [3.8, 4) is 11.5 Å². The Labute approximate surface area is 189 Å². The summed E-state index contributed by atoms with van der Waals surface area (Å²) in [4.78, 5) is 12.1. The standard InChI is InChI=1S/C24H22F3N3O3/c1-16-6-9-19(10-7-16)29-23(31)15-33-21-11-8-17(12-22(21)32-2)14-28-30-20-5-3-4-18(13-20)24(25,26)27/h3-14,30H,15H2,1-2H3,(H,29,31)/b28-14-. The molecule has 0 bridgehead atoms. The molecule has 3 aromatic carbocycles. The number of nitrogens with one attached hydrogen (secondary N) is 2. The Morgan fingerprint density at radius 2 is 1.76 bits per heavy atom. The summed E-state index contributed by atoms with van der Waals surface area (Å²) in [6.07, 6.45) is -3.00. The number of amides is 1. The topological polar surface area (TPSA) is 71.9 Å². The second-order valence-electron chi connectivity index (χ2n) is 7.06. The summed E-state index contributed by atoms with van der Waals surface area (Å²) in [5.74, 6) is 0.414. The molecule has 1 amide bonds. The van der Waals surface area contributed by atoms with E-state index in [4.69, 9.17) is 9.47 Å². The Morgan fingerprint density at radius 3 is 2.45 bits per heavy atom. The van der Waals surface area contributed by atoms with E-state index in [1.165, 1.54) is 25.5 Å². The van der Waals surface area contributed by atoms with Gasteiger partial charge in [0.05, 0.1) is 24.6 Å². The maximum absolute atomic E-state index is 12.8. The van der Waals surface area contributed by atoms with E-state index < -0.39 is 11.7 Å². The van der Waals surface area contributed by atoms with Gasteiger partial charge in [-0.05, 0) is 61.0 Å². The van der Waals surface area contributed by atoms with E-state index in [0.717, 1.165) is 17.7 Å². The van der Waals surface area contributed by atoms with Crippen LogP contribution in [0.15, 0.2) is 71.8 Å². The van der Waals surface area contributed by atoms with Crippen molar-refractivity contribution in [2.75, 3.05) is 24.5 Å². The number of anilines is 2. The van der Waals surface area contributed by atoms with Crippen LogP contribution in [0.3, 0.4) is 0 Å². The van der Waals surface area contributed by atoms with Gasteiger partial charge in [0.1, 0.15) is 0 Å². The highest BCUT2D eigenvalue weighted by Crippen LogP contribution is 2.31. The molecule has 0 radical (unpaired) electrons. The van der Waals surface area contributed by atoms with Gasteiger partial charge in [0.2, 0.25) is 0 Å². The summed E-state index contributed by atoms with van der Waals surface area (Å²) < 4.78 is 49.2. The molecule has 0 atom stereocenters. The van der Waals surface area contributed by atoms with E-state index in [-0.39, 0.29) is 18.2 Å². The van der Waals surface area contributed by atoms with Gasteiger partial charge >= 0.3 is 6.18 Å². The molecule has 3 rings (SSSR count). The Balaban J connectivity index is 1.59. The van der Waals surface area contributed by atoms with Crippen LogP contribution >= 0.6 is 0 Å². The van der Waals surface area contributed by atoms with Crippen LogP contribution in [0, 0.1) is 6.92 Å². The van der Waals surface area contributed by atoms with Crippen LogP contribution in [-0.2, 0) is 11.0 Å². The molecule has 0 aromatic heterocycles. The van der Waals surface area contributed by atoms with Crippen molar-refractivity contribution >= 4 is 23.5 Å². The van der Waals surface area contributed by atoms with Gasteiger partial charge in [-0.3, -0.25) is 10.2 Å². The summed E-state index contributed by atoms with van der Waals surface area (Å²) in [5.41, 5.74) is 4.37. The molecule has 6 nitrogen and oxygen atoms in total. The number of hydrazone groups is 1. The minimum absolute atomic E-state index is 0.201. The number of carbonyl (C=O) groups excluding carboxylic acids is 1. The zero-order valence-corrected chi connectivity index (χ0v) is 17.9. The fourth-order valence-electron chi connectivity index (χ4n) is 2.81. The predicted octanol–water partition coefficient (Wildman–Crippen LogP) is 5.49. The maximum Gasteiger partial charge on any atom is 0.416 e. The summed E-state index contributed by atoms with van der Waals surface area (Å²) in [5, 5.41) is 6.70. The maximum atomic E-state index is 12.8. The van der Waals surface area contributed by atoms with Crippen LogP contribution in [0.1, 0.15) is 16.7 Å². The number of hydrogen-bond acceptors (Lipinski definition) is 5. The largest absolute Gasteiger partial charge is 0.493 e. The zero-order valence-electron chi connectivity index (χ0n) is 17.9. The molecule has 0 heterocycles. The summed E-state index contributed by atoms with van der Waals surface area (Å²) in [6, 6.07) is 17.0. The average molecular weight is 457 g/mol. The van der Waals surface area contributed by atoms with Gasteiger partial charge in [-0.15, -0.1) is 0 Å². The first kappa shape index (κ1) is 23.6. The number of rotatable bonds is 8. The SMILES string of the molecule is COc1cc(/C=N\Nc2cccc(C(F)(F)F)c2)ccc1OCC(=O)Nc1ccc(C)cc1. The fourth-order valence-corrected chi connectivity index (χ4v) is 2.81. The third-order valence-corrected chi connectivity index (χ3v) is 4.48. The lowest BCUT2D eigenvalue weighted by Crippen LogP contribution is -2.20. The van der Waals surface area contributed by atoms with Crippen molar-refractivity contribution in [1.82, 2.24) is 0 Å². The monoisotopic (exact) mass is 457 g/mol. The Kier molecular flexibility index (Phi) is 7.55. The van der Waals surface area contributed by atoms with Crippen LogP contribution in [0.2, 0.25) is 0 Å². The quantitative estimate of drug-likeness (QED) is 0.347. The highest BCUT2D eigenvalue weighted by molar-refractivity contribution is 5.92. The molecular weight excluding hydrogens is 435 g/mol. The summed E-state index contributed by atoms with van der Waals surface area (Å²) >= 11 is 0. The third kappa shape index (κ3) is 6.99. The lowest BCUT2D eigenvalue weighted by atomic mass is 10.2. The third-order valence-electron chi connectivity index (χ3n) is 4.48. The molecule has 3 aromatic rings. The Hall–Kier alpha value is -4.01. The number of hydrogen-bond donors (Lipinski definition) is 2. The molecule has 0 unspecified atom stereocenters. The van der Waals surface area contributed by atoms with Gasteiger partial charge in [-0.25, -0.2) is 0 Å². The van der Waals surface area contributed by atoms with Crippen molar-refractivity contribution < 1.29 is 27.4 Å². The van der Waals surface area contributed by atoms with E-state index in [1.807, 2.05) is 19.1 Å². The van der Waals surface area contributed by atoms with E-state index in [0.29, 0.717) is 22.7 Å². The van der Waals surface area contributed by atoms with Crippen LogP contribution < -0.4 is 20.2 Å². The number of alkyl halides is 3. The highest BCUT2D eigenvalue weighted by Gasteiger charge is 2.30. The smallest absolute Gasteiger partial charge is 0.416 e. The molecule has 0 fully saturated rings. The average Bonchev–Trinajstić information content (AvgIpc) is 2.79. The lowest BCUT2D eigenvalue weighted by molar-refractivity contribution is -0.137. The molecule has 0 saturated carbocycles. The first-order valence-electron chi connectivity index (χ1n) is 9.88. The normalized spacial score (nSPS) is 11.3. The van der Waals surface area contributed by atoms with Crippen LogP contribution in [0.4, 0.5) is 24.5 Å². The molecule has 0 aliphatic rings. The first-order valence-corrected chi connectivity index (χ1v) is 9.88. The number of aryl methyl sites for hydroxylation is 1. The van der Waals surface area contributed by atoms with E-state index in [1.54, 1.807) is 30.3 Å². The van der Waals surface area contributed by atoms with Gasteiger partial charge in [-0.2, -0.15) is 18.3 Å². The number of nitrogens with zero attached hydrogens (tertiary/aromatic N) is 1. The number of ether oxygens (including phenoxy) is 2. The molecule has 0 saturated heterocycles. The van der Waals surface area contributed by atoms with Crippen LogP contribution in [-0.4, -0.2) is 25.8 Å². The molecule has 2 N–H and O–H groups in total. The molecule has 0 spiro atoms. The van der Waals surface area contributed by atoms with Crippen LogP contribution in [0.25, 0.3) is 0 Å². The first-order chi connectivity index (χ1) is 15.7. The predicted molar refractivity (Wildman–Crippen MR) is 121 cm³/mol. The van der Waals surface area contributed by atoms with Gasteiger partial charge in [0.15, 0.2) is 18.1 Å². The second-order valence-corrected chi connectivity index (χ2v) is 7.06. The fraction of sp³-hybridized carbons (Fsp3) is 0.167. The lowest BCUT2D eigenvalue weighted by Gasteiger charge is -2.11. The van der Waals surface area contributed by atoms with Crippen molar-refractivity contribution in [3.63, 3.8) is 0 Å². The van der Waals surface area contributed by atoms with Crippen molar-refractivity contribution in [3.05, 3.63) is 83.4 Å². The molecule has 33 heavy (non-hydrogen) atoms. The van der Waals surface area contributed by atoms with E-state index in [2.05, 4.69) is 15.8 Å². The second kappa shape index (κ2) is 10.5. The Bertz CT molecular complexity index is 1130. The summed E-state index contributed by atoms with van der Waals surface area (Å²) in [7, 11) is 1.45. The van der Waals surface area contributed by atoms with E-state index >= 15 is 0 Å². The molecule has 0 aliphatic heterocycles. The van der Waals surface area contributed by atoms with E-state index in [9.17, 15) is 18.0 Å². The minimum atomic E-state index is -4.43. The van der Waals surface area contributed by atoms with Gasteiger partial charge in [0, 0.05) is 5.69 Å².